The summed E-state index contributed by atoms with van der Waals surface area (Å²) in [6.45, 7) is 3.61. The summed E-state index contributed by atoms with van der Waals surface area (Å²) in [7, 11) is 2.07. The number of benzene rings is 1. The first-order valence-electron chi connectivity index (χ1n) is 6.00. The van der Waals surface area contributed by atoms with E-state index >= 15 is 0 Å². The highest BCUT2D eigenvalue weighted by atomic mass is 16.6. The molecule has 2 heterocycles. The van der Waals surface area contributed by atoms with Gasteiger partial charge < -0.3 is 9.80 Å². The first kappa shape index (κ1) is 11.8. The molecule has 0 saturated carbocycles. The van der Waals surface area contributed by atoms with Crippen molar-refractivity contribution >= 4 is 22.4 Å². The molecule has 8 nitrogen and oxygen atoms in total. The molecule has 3 rings (SSSR count). The SMILES string of the molecule is CN1CCN(c2ccc([N+](=O)[O-])c3nonc23)CC1. The van der Waals surface area contributed by atoms with Crippen LogP contribution in [-0.2, 0) is 0 Å². The quantitative estimate of drug-likeness (QED) is 0.587. The maximum Gasteiger partial charge on any atom is 0.300 e. The summed E-state index contributed by atoms with van der Waals surface area (Å²) in [5.74, 6) is 0. The highest BCUT2D eigenvalue weighted by molar-refractivity contribution is 5.93. The number of nitrogens with zero attached hydrogens (tertiary/aromatic N) is 5. The topological polar surface area (TPSA) is 88.5 Å². The number of hydrogen-bond acceptors (Lipinski definition) is 7. The number of nitro benzene ring substituents is 1. The summed E-state index contributed by atoms with van der Waals surface area (Å²) >= 11 is 0. The molecule has 1 aromatic carbocycles. The van der Waals surface area contributed by atoms with E-state index in [9.17, 15) is 10.1 Å². The van der Waals surface area contributed by atoms with E-state index in [0.717, 1.165) is 31.9 Å². The lowest BCUT2D eigenvalue weighted by Crippen LogP contribution is -2.44. The van der Waals surface area contributed by atoms with Gasteiger partial charge in [0.1, 0.15) is 0 Å². The van der Waals surface area contributed by atoms with E-state index in [1.165, 1.54) is 6.07 Å². The maximum atomic E-state index is 10.9. The lowest BCUT2D eigenvalue weighted by atomic mass is 10.2. The van der Waals surface area contributed by atoms with Crippen LogP contribution in [0, 0.1) is 10.1 Å². The van der Waals surface area contributed by atoms with Crippen LogP contribution in [0.2, 0.25) is 0 Å². The molecule has 0 N–H and O–H groups in total. The number of nitro groups is 1. The molecule has 2 aromatic rings. The molecule has 100 valence electrons. The summed E-state index contributed by atoms with van der Waals surface area (Å²) in [5.41, 5.74) is 1.43. The number of fused-ring (bicyclic) bond motifs is 1. The van der Waals surface area contributed by atoms with Crippen molar-refractivity contribution in [2.24, 2.45) is 0 Å². The molecule has 0 aliphatic carbocycles. The average molecular weight is 263 g/mol. The summed E-state index contributed by atoms with van der Waals surface area (Å²) in [6, 6.07) is 3.18. The molecule has 1 saturated heterocycles. The Morgan fingerprint density at radius 2 is 1.89 bits per heavy atom. The van der Waals surface area contributed by atoms with Crippen LogP contribution >= 0.6 is 0 Å². The van der Waals surface area contributed by atoms with Crippen molar-refractivity contribution < 1.29 is 9.55 Å². The molecule has 1 fully saturated rings. The van der Waals surface area contributed by atoms with Crippen molar-refractivity contribution in [3.8, 4) is 0 Å². The van der Waals surface area contributed by atoms with Gasteiger partial charge >= 0.3 is 5.69 Å². The third-order valence-corrected chi connectivity index (χ3v) is 3.41. The largest absolute Gasteiger partial charge is 0.367 e. The number of anilines is 1. The second-order valence-electron chi connectivity index (χ2n) is 4.61. The number of aromatic nitrogens is 2. The van der Waals surface area contributed by atoms with Gasteiger partial charge in [0.2, 0.25) is 5.52 Å². The molecule has 0 amide bonds. The van der Waals surface area contributed by atoms with E-state index < -0.39 is 4.92 Å². The number of piperazine rings is 1. The molecule has 1 aliphatic rings. The fourth-order valence-corrected chi connectivity index (χ4v) is 2.29. The lowest BCUT2D eigenvalue weighted by Gasteiger charge is -2.33. The average Bonchev–Trinajstić information content (AvgIpc) is 2.87. The van der Waals surface area contributed by atoms with Crippen LogP contribution in [-0.4, -0.2) is 53.4 Å². The third kappa shape index (κ3) is 1.99. The van der Waals surface area contributed by atoms with Gasteiger partial charge in [-0.3, -0.25) is 10.1 Å². The smallest absolute Gasteiger partial charge is 0.300 e. The van der Waals surface area contributed by atoms with Gasteiger partial charge in [-0.25, -0.2) is 4.63 Å². The van der Waals surface area contributed by atoms with Crippen LogP contribution in [0.4, 0.5) is 11.4 Å². The second kappa shape index (κ2) is 4.47. The van der Waals surface area contributed by atoms with E-state index in [4.69, 9.17) is 0 Å². The standard InChI is InChI=1S/C11H13N5O3/c1-14-4-6-15(7-5-14)8-2-3-9(16(17)18)11-10(8)12-19-13-11/h2-3H,4-7H2,1H3. The van der Waals surface area contributed by atoms with Gasteiger partial charge in [0.15, 0.2) is 5.52 Å². The van der Waals surface area contributed by atoms with Crippen LogP contribution < -0.4 is 4.90 Å². The fourth-order valence-electron chi connectivity index (χ4n) is 2.29. The second-order valence-corrected chi connectivity index (χ2v) is 4.61. The van der Waals surface area contributed by atoms with Crippen molar-refractivity contribution in [1.82, 2.24) is 15.2 Å². The Kier molecular flexibility index (Phi) is 2.79. The Bertz CT molecular complexity index is 618. The van der Waals surface area contributed by atoms with Gasteiger partial charge in [-0.15, -0.1) is 0 Å². The first-order chi connectivity index (χ1) is 9.16. The van der Waals surface area contributed by atoms with E-state index in [2.05, 4.69) is 31.8 Å². The summed E-state index contributed by atoms with van der Waals surface area (Å²) in [5, 5.41) is 18.4. The lowest BCUT2D eigenvalue weighted by molar-refractivity contribution is -0.383. The molecule has 1 aromatic heterocycles. The Morgan fingerprint density at radius 1 is 1.21 bits per heavy atom. The third-order valence-electron chi connectivity index (χ3n) is 3.41. The Hall–Kier alpha value is -2.22. The van der Waals surface area contributed by atoms with Crippen molar-refractivity contribution in [2.45, 2.75) is 0 Å². The van der Waals surface area contributed by atoms with Crippen LogP contribution in [0.3, 0.4) is 0 Å². The number of likely N-dealkylation sites (N-methyl/N-ethyl adjacent to an activating group) is 1. The van der Waals surface area contributed by atoms with Crippen molar-refractivity contribution in [1.29, 1.82) is 0 Å². The van der Waals surface area contributed by atoms with Gasteiger partial charge in [-0.2, -0.15) is 0 Å². The first-order valence-corrected chi connectivity index (χ1v) is 6.00. The molecule has 0 atom stereocenters. The van der Waals surface area contributed by atoms with Crippen LogP contribution in [0.1, 0.15) is 0 Å². The van der Waals surface area contributed by atoms with Crippen LogP contribution in [0.15, 0.2) is 16.8 Å². The minimum Gasteiger partial charge on any atom is -0.367 e. The van der Waals surface area contributed by atoms with E-state index in [0.29, 0.717) is 5.52 Å². The molecule has 0 unspecified atom stereocenters. The van der Waals surface area contributed by atoms with Gasteiger partial charge in [-0.1, -0.05) is 0 Å². The van der Waals surface area contributed by atoms with E-state index in [-0.39, 0.29) is 11.2 Å². The highest BCUT2D eigenvalue weighted by Gasteiger charge is 2.23. The molecule has 0 bridgehead atoms. The molecule has 0 radical (unpaired) electrons. The molecule has 0 spiro atoms. The molecular weight excluding hydrogens is 250 g/mol. The fraction of sp³-hybridized carbons (Fsp3) is 0.455. The number of non-ortho nitro benzene ring substituents is 1. The zero-order chi connectivity index (χ0) is 13.4. The van der Waals surface area contributed by atoms with Crippen LogP contribution in [0.25, 0.3) is 11.0 Å². The molecule has 8 heteroatoms. The zero-order valence-electron chi connectivity index (χ0n) is 10.4. The normalized spacial score (nSPS) is 17.0. The number of rotatable bonds is 2. The highest BCUT2D eigenvalue weighted by Crippen LogP contribution is 2.31. The number of hydrogen-bond donors (Lipinski definition) is 0. The zero-order valence-corrected chi connectivity index (χ0v) is 10.4. The van der Waals surface area contributed by atoms with Crippen molar-refractivity contribution in [2.75, 3.05) is 38.1 Å². The minimum absolute atomic E-state index is 0.0749. The maximum absolute atomic E-state index is 10.9. The Balaban J connectivity index is 2.03. The van der Waals surface area contributed by atoms with Crippen molar-refractivity contribution in [3.63, 3.8) is 0 Å². The van der Waals surface area contributed by atoms with Gasteiger partial charge in [-0.05, 0) is 23.4 Å². The minimum atomic E-state index is -0.472. The summed E-state index contributed by atoms with van der Waals surface area (Å²) in [6.07, 6.45) is 0. The van der Waals surface area contributed by atoms with Gasteiger partial charge in [0, 0.05) is 32.2 Å². The van der Waals surface area contributed by atoms with E-state index in [1.54, 1.807) is 6.07 Å². The van der Waals surface area contributed by atoms with Gasteiger partial charge in [0.25, 0.3) is 0 Å². The Labute approximate surface area is 108 Å². The van der Waals surface area contributed by atoms with Crippen molar-refractivity contribution in [3.05, 3.63) is 22.2 Å². The molecular formula is C11H13N5O3. The molecule has 1 aliphatic heterocycles. The monoisotopic (exact) mass is 263 g/mol. The Morgan fingerprint density at radius 3 is 2.58 bits per heavy atom. The van der Waals surface area contributed by atoms with Gasteiger partial charge in [0.05, 0.1) is 10.6 Å². The summed E-state index contributed by atoms with van der Waals surface area (Å²) < 4.78 is 4.67. The predicted molar refractivity (Wildman–Crippen MR) is 68.2 cm³/mol. The predicted octanol–water partition coefficient (Wildman–Crippen LogP) is 0.883. The summed E-state index contributed by atoms with van der Waals surface area (Å²) in [4.78, 5) is 14.8. The molecule has 19 heavy (non-hydrogen) atoms. The van der Waals surface area contributed by atoms with E-state index in [1.807, 2.05) is 0 Å². The van der Waals surface area contributed by atoms with Crippen LogP contribution in [0.5, 0.6) is 0 Å².